The minimum absolute atomic E-state index is 0.0104. The summed E-state index contributed by atoms with van der Waals surface area (Å²) in [5, 5.41) is 3.43. The molecule has 0 saturated heterocycles. The molecule has 1 N–H and O–H groups in total. The van der Waals surface area contributed by atoms with Crippen molar-refractivity contribution in [3.63, 3.8) is 0 Å². The maximum Gasteiger partial charge on any atom is 0.337 e. The van der Waals surface area contributed by atoms with E-state index in [1.807, 2.05) is 73.7 Å². The summed E-state index contributed by atoms with van der Waals surface area (Å²) in [6.45, 7) is 1.94. The zero-order chi connectivity index (χ0) is 24.4. The van der Waals surface area contributed by atoms with Gasteiger partial charge in [-0.1, -0.05) is 66.7 Å². The molecule has 6 aliphatic rings. The molecule has 1 unspecified atom stereocenters. The summed E-state index contributed by atoms with van der Waals surface area (Å²) in [5.74, 6) is 1.90. The molecule has 4 bridgehead atoms. The van der Waals surface area contributed by atoms with E-state index in [0.29, 0.717) is 28.5 Å². The number of ketones is 1. The topological polar surface area (TPSA) is 55.4 Å². The third-order valence-electron chi connectivity index (χ3n) is 9.18. The fourth-order valence-electron chi connectivity index (χ4n) is 7.87. The number of esters is 1. The average molecular weight is 478 g/mol. The van der Waals surface area contributed by atoms with Gasteiger partial charge < -0.3 is 10.1 Å². The highest BCUT2D eigenvalue weighted by Crippen LogP contribution is 2.55. The number of hydrogen-bond acceptors (Lipinski definition) is 4. The summed E-state index contributed by atoms with van der Waals surface area (Å²) in [5.41, 5.74) is 5.44. The van der Waals surface area contributed by atoms with E-state index < -0.39 is 5.92 Å². The van der Waals surface area contributed by atoms with Crippen molar-refractivity contribution in [1.29, 1.82) is 0 Å². The van der Waals surface area contributed by atoms with Gasteiger partial charge in [0, 0.05) is 28.3 Å². The van der Waals surface area contributed by atoms with Gasteiger partial charge in [0.2, 0.25) is 0 Å². The number of nitrogens with one attached hydrogen (secondary N) is 1. The monoisotopic (exact) mass is 477 g/mol. The zero-order valence-electron chi connectivity index (χ0n) is 20.6. The van der Waals surface area contributed by atoms with Gasteiger partial charge in [0.1, 0.15) is 6.10 Å². The minimum atomic E-state index is -0.453. The van der Waals surface area contributed by atoms with E-state index in [0.717, 1.165) is 34.4 Å². The predicted molar refractivity (Wildman–Crippen MR) is 139 cm³/mol. The van der Waals surface area contributed by atoms with Crippen LogP contribution in [0.2, 0.25) is 0 Å². The van der Waals surface area contributed by atoms with Crippen LogP contribution in [0.25, 0.3) is 11.8 Å². The van der Waals surface area contributed by atoms with E-state index in [4.69, 9.17) is 4.74 Å². The van der Waals surface area contributed by atoms with Crippen LogP contribution in [0.4, 0.5) is 0 Å². The van der Waals surface area contributed by atoms with Crippen molar-refractivity contribution in [3.05, 3.63) is 94.2 Å². The molecule has 182 valence electrons. The fraction of sp³-hybridized carbons (Fsp3) is 0.375. The lowest BCUT2D eigenvalue weighted by Gasteiger charge is -2.53. The Morgan fingerprint density at radius 2 is 1.53 bits per heavy atom. The van der Waals surface area contributed by atoms with Crippen molar-refractivity contribution in [2.75, 3.05) is 0 Å². The Bertz CT molecular complexity index is 1320. The lowest BCUT2D eigenvalue weighted by Crippen LogP contribution is -2.50. The van der Waals surface area contributed by atoms with Crippen LogP contribution in [0, 0.1) is 29.6 Å². The Morgan fingerprint density at radius 3 is 2.22 bits per heavy atom. The molecule has 1 heterocycles. The van der Waals surface area contributed by atoms with Crippen LogP contribution in [0.3, 0.4) is 0 Å². The second-order valence-corrected chi connectivity index (χ2v) is 11.4. The van der Waals surface area contributed by atoms with E-state index in [9.17, 15) is 9.59 Å². The van der Waals surface area contributed by atoms with Crippen molar-refractivity contribution >= 4 is 23.5 Å². The quantitative estimate of drug-likeness (QED) is 0.535. The fourth-order valence-corrected chi connectivity index (χ4v) is 7.87. The summed E-state index contributed by atoms with van der Waals surface area (Å²) in [7, 11) is 0. The molecule has 4 fully saturated rings. The molecule has 36 heavy (non-hydrogen) atoms. The molecule has 1 aliphatic heterocycles. The van der Waals surface area contributed by atoms with Gasteiger partial charge in [-0.2, -0.15) is 0 Å². The number of carbonyl (C=O) groups excluding carboxylic acids is 2. The van der Waals surface area contributed by atoms with E-state index in [-0.39, 0.29) is 17.9 Å². The average Bonchev–Trinajstić information content (AvgIpc) is 3.16. The molecule has 2 aromatic rings. The number of ether oxygens (including phenoxy) is 1. The lowest BCUT2D eigenvalue weighted by atomic mass is 9.55. The standard InChI is InChI=1S/C32H31NO3/c1-18-27(32(35)36-31-22-14-20-13-21(16-22)17-23(31)15-20)26(12-11-19-7-3-2-4-8-19)28-29(33-18)24-9-5-6-10-25(24)30(28)34/h2-12,20-23,26,31,33H,13-17H2,1H3. The molecule has 0 spiro atoms. The summed E-state index contributed by atoms with van der Waals surface area (Å²) < 4.78 is 6.38. The number of rotatable bonds is 4. The van der Waals surface area contributed by atoms with Crippen molar-refractivity contribution in [2.45, 2.75) is 45.1 Å². The highest BCUT2D eigenvalue weighted by molar-refractivity contribution is 6.22. The third-order valence-corrected chi connectivity index (χ3v) is 9.18. The second-order valence-electron chi connectivity index (χ2n) is 11.4. The zero-order valence-corrected chi connectivity index (χ0v) is 20.6. The molecule has 2 aromatic carbocycles. The van der Waals surface area contributed by atoms with Crippen LogP contribution in [-0.4, -0.2) is 17.9 Å². The van der Waals surface area contributed by atoms with Gasteiger partial charge in [-0.25, -0.2) is 4.79 Å². The molecular weight excluding hydrogens is 446 g/mol. The number of benzene rings is 2. The lowest BCUT2D eigenvalue weighted by molar-refractivity contribution is -0.166. The molecule has 0 amide bonds. The summed E-state index contributed by atoms with van der Waals surface area (Å²) in [6, 6.07) is 17.7. The maximum absolute atomic E-state index is 13.9. The van der Waals surface area contributed by atoms with Gasteiger partial charge >= 0.3 is 5.97 Å². The summed E-state index contributed by atoms with van der Waals surface area (Å²) in [6.07, 6.45) is 10.2. The number of allylic oxidation sites excluding steroid dienone is 3. The van der Waals surface area contributed by atoms with Gasteiger partial charge in [0.25, 0.3) is 0 Å². The highest BCUT2D eigenvalue weighted by atomic mass is 16.5. The molecule has 0 radical (unpaired) electrons. The largest absolute Gasteiger partial charge is 0.458 e. The number of carbonyl (C=O) groups is 2. The molecule has 4 heteroatoms. The Kier molecular flexibility index (Phi) is 5.06. The first-order valence-electron chi connectivity index (χ1n) is 13.4. The minimum Gasteiger partial charge on any atom is -0.458 e. The number of hydrogen-bond donors (Lipinski definition) is 1. The first kappa shape index (κ1) is 21.8. The first-order valence-corrected chi connectivity index (χ1v) is 13.4. The van der Waals surface area contributed by atoms with Gasteiger partial charge in [0.15, 0.2) is 5.78 Å². The summed E-state index contributed by atoms with van der Waals surface area (Å²) in [4.78, 5) is 27.5. The highest BCUT2D eigenvalue weighted by Gasteiger charge is 2.51. The SMILES string of the molecule is CC1=C(C(=O)OC2C3CC4CC(C3)CC2C4)C(C=Cc2ccccc2)C2=C(N1)c1ccccc1C2=O. The molecule has 4 nitrogen and oxygen atoms in total. The van der Waals surface area contributed by atoms with Crippen molar-refractivity contribution < 1.29 is 14.3 Å². The van der Waals surface area contributed by atoms with Crippen LogP contribution in [0.1, 0.15) is 60.5 Å². The number of dihydropyridines is 1. The van der Waals surface area contributed by atoms with E-state index in [1.54, 1.807) is 0 Å². The Balaban J connectivity index is 1.24. The second kappa shape index (κ2) is 8.33. The Labute approximate surface area is 212 Å². The van der Waals surface area contributed by atoms with Gasteiger partial charge in [-0.3, -0.25) is 4.79 Å². The van der Waals surface area contributed by atoms with Gasteiger partial charge in [-0.05, 0) is 68.3 Å². The molecule has 4 saturated carbocycles. The Hall–Kier alpha value is -3.40. The van der Waals surface area contributed by atoms with Gasteiger partial charge in [-0.15, -0.1) is 0 Å². The Morgan fingerprint density at radius 1 is 0.889 bits per heavy atom. The smallest absolute Gasteiger partial charge is 0.337 e. The molecule has 0 aromatic heterocycles. The third kappa shape index (κ3) is 3.42. The number of fused-ring (bicyclic) bond motifs is 2. The molecular formula is C32H31NO3. The molecule has 1 atom stereocenters. The number of Topliss-reactive ketones (excluding diaryl/α,β-unsaturated/α-hetero) is 1. The van der Waals surface area contributed by atoms with Crippen molar-refractivity contribution in [1.82, 2.24) is 5.32 Å². The van der Waals surface area contributed by atoms with Crippen LogP contribution in [-0.2, 0) is 9.53 Å². The molecule has 8 rings (SSSR count). The van der Waals surface area contributed by atoms with Crippen molar-refractivity contribution in [2.24, 2.45) is 29.6 Å². The molecule has 5 aliphatic carbocycles. The van der Waals surface area contributed by atoms with E-state index >= 15 is 0 Å². The van der Waals surface area contributed by atoms with E-state index in [2.05, 4.69) is 5.32 Å². The van der Waals surface area contributed by atoms with Gasteiger partial charge in [0.05, 0.1) is 11.3 Å². The maximum atomic E-state index is 13.9. The van der Waals surface area contributed by atoms with Crippen molar-refractivity contribution in [3.8, 4) is 0 Å². The van der Waals surface area contributed by atoms with E-state index in [1.165, 1.54) is 32.1 Å². The van der Waals surface area contributed by atoms with Crippen LogP contribution in [0.5, 0.6) is 0 Å². The van der Waals surface area contributed by atoms with Crippen LogP contribution in [0.15, 0.2) is 77.5 Å². The predicted octanol–water partition coefficient (Wildman–Crippen LogP) is 6.17. The van der Waals surface area contributed by atoms with Crippen LogP contribution >= 0.6 is 0 Å². The normalized spacial score (nSPS) is 32.1. The summed E-state index contributed by atoms with van der Waals surface area (Å²) >= 11 is 0. The first-order chi connectivity index (χ1) is 17.6. The van der Waals surface area contributed by atoms with Crippen LogP contribution < -0.4 is 5.32 Å².